The van der Waals surface area contributed by atoms with E-state index in [-0.39, 0.29) is 6.42 Å². The molecule has 1 heterocycles. The average Bonchev–Trinajstić information content (AvgIpc) is 2.18. The topological polar surface area (TPSA) is 66.3 Å². The van der Waals surface area contributed by atoms with E-state index in [2.05, 4.69) is 21.8 Å². The Bertz CT molecular complexity index is 401. The van der Waals surface area contributed by atoms with E-state index in [0.717, 1.165) is 0 Å². The first-order chi connectivity index (χ1) is 7.09. The number of aliphatic carboxylic acids is 1. The molecule has 5 heteroatoms. The Morgan fingerprint density at radius 3 is 2.53 bits per heavy atom. The second-order valence-corrected chi connectivity index (χ2v) is 3.04. The Labute approximate surface area is 87.8 Å². The molecule has 1 N–H and O–H groups in total. The van der Waals surface area contributed by atoms with E-state index in [9.17, 15) is 4.79 Å². The van der Waals surface area contributed by atoms with Gasteiger partial charge in [0.25, 0.3) is 0 Å². The monoisotopic (exact) mass is 205 g/mol. The molecular weight excluding hydrogens is 194 g/mol. The van der Waals surface area contributed by atoms with E-state index >= 15 is 0 Å². The van der Waals surface area contributed by atoms with Crippen LogP contribution in [0.3, 0.4) is 0 Å². The van der Waals surface area contributed by atoms with Crippen molar-refractivity contribution in [3.05, 3.63) is 18.0 Å². The standard InChI is InChI=1S/C10H11N3O2/c1-13(2)10-11-6-8(7-12-10)4-3-5-9(14)15/h6-7H,5H2,1-2H3,(H,14,15). The van der Waals surface area contributed by atoms with Gasteiger partial charge in [-0.1, -0.05) is 11.8 Å². The molecule has 5 nitrogen and oxygen atoms in total. The molecule has 0 atom stereocenters. The van der Waals surface area contributed by atoms with E-state index in [1.54, 1.807) is 17.3 Å². The first kappa shape index (κ1) is 11.0. The number of carbonyl (C=O) groups is 1. The smallest absolute Gasteiger partial charge is 0.315 e. The summed E-state index contributed by atoms with van der Waals surface area (Å²) in [5.41, 5.74) is 0.613. The molecule has 0 aliphatic carbocycles. The van der Waals surface area contributed by atoms with Crippen molar-refractivity contribution in [3.63, 3.8) is 0 Å². The van der Waals surface area contributed by atoms with E-state index in [1.807, 2.05) is 14.1 Å². The number of hydrogen-bond donors (Lipinski definition) is 1. The fourth-order valence-corrected chi connectivity index (χ4v) is 0.839. The van der Waals surface area contributed by atoms with Crippen LogP contribution in [0.25, 0.3) is 0 Å². The van der Waals surface area contributed by atoms with E-state index in [4.69, 9.17) is 5.11 Å². The van der Waals surface area contributed by atoms with Gasteiger partial charge in [-0.15, -0.1) is 0 Å². The molecule has 0 unspecified atom stereocenters. The van der Waals surface area contributed by atoms with Crippen LogP contribution in [-0.4, -0.2) is 35.1 Å². The molecule has 0 aromatic carbocycles. The second-order valence-electron chi connectivity index (χ2n) is 3.04. The predicted molar refractivity (Wildman–Crippen MR) is 55.5 cm³/mol. The lowest BCUT2D eigenvalue weighted by atomic mass is 10.3. The highest BCUT2D eigenvalue weighted by Gasteiger charge is 1.96. The van der Waals surface area contributed by atoms with Gasteiger partial charge in [0.2, 0.25) is 5.95 Å². The summed E-state index contributed by atoms with van der Waals surface area (Å²) in [6.45, 7) is 0. The number of nitrogens with zero attached hydrogens (tertiary/aromatic N) is 3. The highest BCUT2D eigenvalue weighted by molar-refractivity contribution is 5.70. The minimum Gasteiger partial charge on any atom is -0.481 e. The molecule has 0 amide bonds. The summed E-state index contributed by atoms with van der Waals surface area (Å²) in [5.74, 6) is 4.83. The van der Waals surface area contributed by atoms with Crippen LogP contribution >= 0.6 is 0 Å². The molecule has 0 saturated carbocycles. The number of hydrogen-bond acceptors (Lipinski definition) is 4. The van der Waals surface area contributed by atoms with Gasteiger partial charge in [-0.3, -0.25) is 4.79 Å². The summed E-state index contributed by atoms with van der Waals surface area (Å²) >= 11 is 0. The fourth-order valence-electron chi connectivity index (χ4n) is 0.839. The summed E-state index contributed by atoms with van der Waals surface area (Å²) in [6, 6.07) is 0. The zero-order valence-electron chi connectivity index (χ0n) is 8.56. The molecule has 1 aromatic heterocycles. The zero-order valence-corrected chi connectivity index (χ0v) is 8.56. The first-order valence-corrected chi connectivity index (χ1v) is 4.29. The molecule has 0 spiro atoms. The van der Waals surface area contributed by atoms with Gasteiger partial charge < -0.3 is 10.0 Å². The van der Waals surface area contributed by atoms with Gasteiger partial charge in [-0.25, -0.2) is 9.97 Å². The number of carboxylic acid groups (broad SMARTS) is 1. The van der Waals surface area contributed by atoms with Gasteiger partial charge in [0, 0.05) is 26.5 Å². The Kier molecular flexibility index (Phi) is 3.63. The average molecular weight is 205 g/mol. The third-order valence-corrected chi connectivity index (χ3v) is 1.51. The van der Waals surface area contributed by atoms with Crippen LogP contribution in [0.4, 0.5) is 5.95 Å². The van der Waals surface area contributed by atoms with Gasteiger partial charge in [0.05, 0.1) is 5.56 Å². The maximum Gasteiger partial charge on any atom is 0.315 e. The third kappa shape index (κ3) is 3.65. The van der Waals surface area contributed by atoms with Gasteiger partial charge in [-0.05, 0) is 0 Å². The van der Waals surface area contributed by atoms with Crippen molar-refractivity contribution < 1.29 is 9.90 Å². The van der Waals surface area contributed by atoms with Crippen LogP contribution in [0, 0.1) is 11.8 Å². The molecule has 0 aliphatic rings. The van der Waals surface area contributed by atoms with Crippen molar-refractivity contribution in [3.8, 4) is 11.8 Å². The van der Waals surface area contributed by atoms with Crippen molar-refractivity contribution in [2.45, 2.75) is 6.42 Å². The predicted octanol–water partition coefficient (Wildman–Crippen LogP) is 0.369. The van der Waals surface area contributed by atoms with Crippen molar-refractivity contribution in [2.24, 2.45) is 0 Å². The highest BCUT2D eigenvalue weighted by Crippen LogP contribution is 2.01. The molecule has 0 bridgehead atoms. The van der Waals surface area contributed by atoms with Crippen LogP contribution in [0.15, 0.2) is 12.4 Å². The summed E-state index contributed by atoms with van der Waals surface area (Å²) in [6.07, 6.45) is 2.96. The van der Waals surface area contributed by atoms with Gasteiger partial charge in [0.1, 0.15) is 6.42 Å². The Morgan fingerprint density at radius 2 is 2.07 bits per heavy atom. The van der Waals surface area contributed by atoms with Crippen LogP contribution in [0.2, 0.25) is 0 Å². The SMILES string of the molecule is CN(C)c1ncc(C#CCC(=O)O)cn1. The molecule has 15 heavy (non-hydrogen) atoms. The Hall–Kier alpha value is -2.09. The number of anilines is 1. The zero-order chi connectivity index (χ0) is 11.3. The van der Waals surface area contributed by atoms with Crippen LogP contribution in [0.1, 0.15) is 12.0 Å². The van der Waals surface area contributed by atoms with Crippen molar-refractivity contribution in [2.75, 3.05) is 19.0 Å². The van der Waals surface area contributed by atoms with Gasteiger partial charge >= 0.3 is 5.97 Å². The second kappa shape index (κ2) is 4.96. The molecule has 1 aromatic rings. The first-order valence-electron chi connectivity index (χ1n) is 4.29. The third-order valence-electron chi connectivity index (χ3n) is 1.51. The van der Waals surface area contributed by atoms with Crippen LogP contribution in [-0.2, 0) is 4.79 Å². The maximum absolute atomic E-state index is 10.2. The summed E-state index contributed by atoms with van der Waals surface area (Å²) in [7, 11) is 3.68. The largest absolute Gasteiger partial charge is 0.481 e. The quantitative estimate of drug-likeness (QED) is 0.706. The lowest BCUT2D eigenvalue weighted by molar-refractivity contribution is -0.135. The Balaban J connectivity index is 2.71. The summed E-state index contributed by atoms with van der Waals surface area (Å²) < 4.78 is 0. The minimum atomic E-state index is -0.937. The number of rotatable bonds is 2. The molecule has 0 aliphatic heterocycles. The lowest BCUT2D eigenvalue weighted by Gasteiger charge is -2.07. The van der Waals surface area contributed by atoms with E-state index < -0.39 is 5.97 Å². The number of carboxylic acids is 1. The van der Waals surface area contributed by atoms with Gasteiger partial charge in [0.15, 0.2) is 0 Å². The molecule has 1 rings (SSSR count). The maximum atomic E-state index is 10.2. The fraction of sp³-hybridized carbons (Fsp3) is 0.300. The molecular formula is C10H11N3O2. The van der Waals surface area contributed by atoms with E-state index in [0.29, 0.717) is 11.5 Å². The highest BCUT2D eigenvalue weighted by atomic mass is 16.4. The molecule has 0 fully saturated rings. The molecule has 78 valence electrons. The normalized spacial score (nSPS) is 8.93. The van der Waals surface area contributed by atoms with Crippen LogP contribution in [0.5, 0.6) is 0 Å². The summed E-state index contributed by atoms with van der Waals surface area (Å²) in [4.78, 5) is 20.0. The van der Waals surface area contributed by atoms with Crippen LogP contribution < -0.4 is 4.90 Å². The molecule has 0 saturated heterocycles. The Morgan fingerprint density at radius 1 is 1.47 bits per heavy atom. The molecule has 0 radical (unpaired) electrons. The van der Waals surface area contributed by atoms with E-state index in [1.165, 1.54) is 0 Å². The van der Waals surface area contributed by atoms with Crippen molar-refractivity contribution in [1.29, 1.82) is 0 Å². The van der Waals surface area contributed by atoms with Crippen molar-refractivity contribution in [1.82, 2.24) is 9.97 Å². The summed E-state index contributed by atoms with van der Waals surface area (Å²) in [5, 5.41) is 8.37. The number of aromatic nitrogens is 2. The van der Waals surface area contributed by atoms with Crippen molar-refractivity contribution >= 4 is 11.9 Å². The minimum absolute atomic E-state index is 0.171. The van der Waals surface area contributed by atoms with Gasteiger partial charge in [-0.2, -0.15) is 0 Å². The lowest BCUT2D eigenvalue weighted by Crippen LogP contribution is -2.12.